The van der Waals surface area contributed by atoms with Crippen molar-refractivity contribution in [3.8, 4) is 0 Å². The predicted octanol–water partition coefficient (Wildman–Crippen LogP) is 2.04. The molecule has 1 aromatic carbocycles. The van der Waals surface area contributed by atoms with E-state index in [0.717, 1.165) is 19.4 Å². The van der Waals surface area contributed by atoms with Crippen LogP contribution in [-0.2, 0) is 11.2 Å². The van der Waals surface area contributed by atoms with E-state index in [0.29, 0.717) is 0 Å². The van der Waals surface area contributed by atoms with E-state index >= 15 is 0 Å². The van der Waals surface area contributed by atoms with Crippen molar-refractivity contribution in [2.24, 2.45) is 5.73 Å². The lowest BCUT2D eigenvalue weighted by atomic mass is 9.85. The van der Waals surface area contributed by atoms with Crippen molar-refractivity contribution < 1.29 is 4.74 Å². The molecule has 1 saturated heterocycles. The highest BCUT2D eigenvalue weighted by atomic mass is 16.5. The van der Waals surface area contributed by atoms with E-state index in [2.05, 4.69) is 38.1 Å². The minimum Gasteiger partial charge on any atom is -0.377 e. The summed E-state index contributed by atoms with van der Waals surface area (Å²) < 4.78 is 5.56. The quantitative estimate of drug-likeness (QED) is 0.802. The SMILES string of the molecule is Cc1ccccc1CC1(N)CCOC1C. The van der Waals surface area contributed by atoms with Gasteiger partial charge in [-0.15, -0.1) is 0 Å². The number of hydrogen-bond acceptors (Lipinski definition) is 2. The van der Waals surface area contributed by atoms with Crippen molar-refractivity contribution in [1.82, 2.24) is 0 Å². The highest BCUT2D eigenvalue weighted by Crippen LogP contribution is 2.27. The number of ether oxygens (including phenoxy) is 1. The summed E-state index contributed by atoms with van der Waals surface area (Å²) in [5.41, 5.74) is 8.87. The Morgan fingerprint density at radius 2 is 2.20 bits per heavy atom. The lowest BCUT2D eigenvalue weighted by molar-refractivity contribution is 0.0955. The van der Waals surface area contributed by atoms with Gasteiger partial charge >= 0.3 is 0 Å². The van der Waals surface area contributed by atoms with Crippen molar-refractivity contribution in [3.63, 3.8) is 0 Å². The Bertz CT molecular complexity index is 350. The fourth-order valence-corrected chi connectivity index (χ4v) is 2.19. The van der Waals surface area contributed by atoms with Crippen LogP contribution in [0, 0.1) is 6.92 Å². The molecule has 82 valence electrons. The lowest BCUT2D eigenvalue weighted by Crippen LogP contribution is -2.48. The Morgan fingerprint density at radius 1 is 1.47 bits per heavy atom. The molecule has 1 aromatic rings. The van der Waals surface area contributed by atoms with Gasteiger partial charge < -0.3 is 10.5 Å². The molecule has 2 heteroatoms. The highest BCUT2D eigenvalue weighted by Gasteiger charge is 2.37. The topological polar surface area (TPSA) is 35.2 Å². The molecule has 2 nitrogen and oxygen atoms in total. The maximum atomic E-state index is 6.38. The number of aryl methyl sites for hydroxylation is 1. The van der Waals surface area contributed by atoms with E-state index in [1.807, 2.05) is 0 Å². The molecule has 0 spiro atoms. The first-order valence-corrected chi connectivity index (χ1v) is 5.57. The summed E-state index contributed by atoms with van der Waals surface area (Å²) in [5.74, 6) is 0. The zero-order valence-electron chi connectivity index (χ0n) is 9.49. The van der Waals surface area contributed by atoms with Crippen LogP contribution in [0.1, 0.15) is 24.5 Å². The molecule has 0 aromatic heterocycles. The van der Waals surface area contributed by atoms with Gasteiger partial charge in [0.2, 0.25) is 0 Å². The molecule has 0 saturated carbocycles. The van der Waals surface area contributed by atoms with E-state index in [1.165, 1.54) is 11.1 Å². The summed E-state index contributed by atoms with van der Waals surface area (Å²) in [4.78, 5) is 0. The molecule has 1 aliphatic heterocycles. The van der Waals surface area contributed by atoms with Crippen LogP contribution in [0.25, 0.3) is 0 Å². The maximum absolute atomic E-state index is 6.38. The van der Waals surface area contributed by atoms with Gasteiger partial charge in [0.1, 0.15) is 0 Å². The summed E-state index contributed by atoms with van der Waals surface area (Å²) in [6.45, 7) is 5.01. The van der Waals surface area contributed by atoms with Gasteiger partial charge in [-0.1, -0.05) is 24.3 Å². The smallest absolute Gasteiger partial charge is 0.0730 e. The van der Waals surface area contributed by atoms with E-state index in [-0.39, 0.29) is 11.6 Å². The fourth-order valence-electron chi connectivity index (χ4n) is 2.19. The van der Waals surface area contributed by atoms with Gasteiger partial charge in [0.15, 0.2) is 0 Å². The third-order valence-corrected chi connectivity index (χ3v) is 3.53. The molecule has 2 rings (SSSR count). The summed E-state index contributed by atoms with van der Waals surface area (Å²) in [5, 5.41) is 0. The Morgan fingerprint density at radius 3 is 2.80 bits per heavy atom. The van der Waals surface area contributed by atoms with Crippen LogP contribution in [0.2, 0.25) is 0 Å². The van der Waals surface area contributed by atoms with E-state index < -0.39 is 0 Å². The van der Waals surface area contributed by atoms with Crippen molar-refractivity contribution in [3.05, 3.63) is 35.4 Å². The van der Waals surface area contributed by atoms with Crippen molar-refractivity contribution in [1.29, 1.82) is 0 Å². The van der Waals surface area contributed by atoms with Crippen molar-refractivity contribution >= 4 is 0 Å². The summed E-state index contributed by atoms with van der Waals surface area (Å²) in [6.07, 6.45) is 2.04. The first-order chi connectivity index (χ1) is 7.12. The molecule has 1 heterocycles. The average Bonchev–Trinajstić information content (AvgIpc) is 2.51. The number of nitrogens with two attached hydrogens (primary N) is 1. The van der Waals surface area contributed by atoms with Crippen molar-refractivity contribution in [2.75, 3.05) is 6.61 Å². The Labute approximate surface area is 91.4 Å². The molecule has 0 aliphatic carbocycles. The van der Waals surface area contributed by atoms with Gasteiger partial charge in [-0.3, -0.25) is 0 Å². The fraction of sp³-hybridized carbons (Fsp3) is 0.538. The van der Waals surface area contributed by atoms with Crippen LogP contribution in [-0.4, -0.2) is 18.2 Å². The second-order valence-electron chi connectivity index (χ2n) is 4.60. The molecule has 0 radical (unpaired) electrons. The largest absolute Gasteiger partial charge is 0.377 e. The molecule has 0 amide bonds. The second kappa shape index (κ2) is 3.95. The Hall–Kier alpha value is -0.860. The van der Waals surface area contributed by atoms with Crippen LogP contribution < -0.4 is 5.73 Å². The van der Waals surface area contributed by atoms with Gasteiger partial charge in [-0.2, -0.15) is 0 Å². The minimum atomic E-state index is -0.174. The van der Waals surface area contributed by atoms with Gasteiger partial charge in [0.25, 0.3) is 0 Å². The number of hydrogen-bond donors (Lipinski definition) is 1. The van der Waals surface area contributed by atoms with E-state index in [4.69, 9.17) is 10.5 Å². The van der Waals surface area contributed by atoms with Crippen LogP contribution in [0.5, 0.6) is 0 Å². The number of rotatable bonds is 2. The van der Waals surface area contributed by atoms with Gasteiger partial charge in [-0.25, -0.2) is 0 Å². The van der Waals surface area contributed by atoms with E-state index in [9.17, 15) is 0 Å². The van der Waals surface area contributed by atoms with Crippen LogP contribution in [0.15, 0.2) is 24.3 Å². The summed E-state index contributed by atoms with van der Waals surface area (Å²) >= 11 is 0. The molecule has 15 heavy (non-hydrogen) atoms. The molecule has 2 unspecified atom stereocenters. The van der Waals surface area contributed by atoms with Crippen LogP contribution >= 0.6 is 0 Å². The molecule has 0 bridgehead atoms. The summed E-state index contributed by atoms with van der Waals surface area (Å²) in [7, 11) is 0. The van der Waals surface area contributed by atoms with Crippen LogP contribution in [0.4, 0.5) is 0 Å². The summed E-state index contributed by atoms with van der Waals surface area (Å²) in [6, 6.07) is 8.44. The van der Waals surface area contributed by atoms with Crippen molar-refractivity contribution in [2.45, 2.75) is 38.3 Å². The third kappa shape index (κ3) is 2.06. The second-order valence-corrected chi connectivity index (χ2v) is 4.60. The molecule has 2 atom stereocenters. The van der Waals surface area contributed by atoms with E-state index in [1.54, 1.807) is 0 Å². The molecule has 2 N–H and O–H groups in total. The minimum absolute atomic E-state index is 0.164. The molecular formula is C13H19NO. The standard InChI is InChI=1S/C13H19NO/c1-10-5-3-4-6-12(10)9-13(14)7-8-15-11(13)2/h3-6,11H,7-9,14H2,1-2H3. The van der Waals surface area contributed by atoms with Crippen LogP contribution in [0.3, 0.4) is 0 Å². The number of benzene rings is 1. The zero-order chi connectivity index (χ0) is 10.9. The first kappa shape index (κ1) is 10.7. The Kier molecular flexibility index (Phi) is 2.81. The monoisotopic (exact) mass is 205 g/mol. The van der Waals surface area contributed by atoms with Gasteiger partial charge in [0, 0.05) is 12.1 Å². The van der Waals surface area contributed by atoms with Gasteiger partial charge in [0.05, 0.1) is 6.10 Å². The lowest BCUT2D eigenvalue weighted by Gasteiger charge is -2.28. The molecule has 1 aliphatic rings. The zero-order valence-corrected chi connectivity index (χ0v) is 9.49. The first-order valence-electron chi connectivity index (χ1n) is 5.57. The van der Waals surface area contributed by atoms with Gasteiger partial charge in [-0.05, 0) is 37.8 Å². The predicted molar refractivity (Wildman–Crippen MR) is 61.8 cm³/mol. The normalized spacial score (nSPS) is 30.7. The third-order valence-electron chi connectivity index (χ3n) is 3.53. The molecular weight excluding hydrogens is 186 g/mol. The average molecular weight is 205 g/mol. The Balaban J connectivity index is 2.18. The maximum Gasteiger partial charge on any atom is 0.0730 e. The highest BCUT2D eigenvalue weighted by molar-refractivity contribution is 5.28. The molecule has 1 fully saturated rings.